The van der Waals surface area contributed by atoms with Gasteiger partial charge >= 0.3 is 0 Å². The van der Waals surface area contributed by atoms with Crippen molar-refractivity contribution in [3.8, 4) is 0 Å². The number of hydrogen-bond donors (Lipinski definition) is 1. The second kappa shape index (κ2) is 11.1. The Kier molecular flexibility index (Phi) is 8.58. The number of nitrogens with zero attached hydrogens (tertiary/aromatic N) is 2. The van der Waals surface area contributed by atoms with E-state index in [-0.39, 0.29) is 18.4 Å². The van der Waals surface area contributed by atoms with Gasteiger partial charge in [-0.2, -0.15) is 0 Å². The molecule has 1 aliphatic heterocycles. The molecule has 2 aromatic carbocycles. The summed E-state index contributed by atoms with van der Waals surface area (Å²) in [6.45, 7) is 3.87. The molecule has 1 heterocycles. The van der Waals surface area contributed by atoms with Crippen LogP contribution in [0.1, 0.15) is 41.1 Å². The normalized spacial score (nSPS) is 16.4. The van der Waals surface area contributed by atoms with Crippen LogP contribution in [-0.2, 0) is 0 Å². The first-order valence-corrected chi connectivity index (χ1v) is 11.3. The van der Waals surface area contributed by atoms with E-state index in [1.54, 1.807) is 4.90 Å². The summed E-state index contributed by atoms with van der Waals surface area (Å²) in [6.07, 6.45) is 3.01. The van der Waals surface area contributed by atoms with Gasteiger partial charge in [0.1, 0.15) is 0 Å². The van der Waals surface area contributed by atoms with Gasteiger partial charge in [0.25, 0.3) is 5.91 Å². The van der Waals surface area contributed by atoms with E-state index in [9.17, 15) is 9.90 Å². The lowest BCUT2D eigenvalue weighted by Gasteiger charge is -2.33. The number of amides is 1. The lowest BCUT2D eigenvalue weighted by Crippen LogP contribution is -2.37. The fourth-order valence-electron chi connectivity index (χ4n) is 4.08. The van der Waals surface area contributed by atoms with Crippen molar-refractivity contribution in [2.45, 2.75) is 25.2 Å². The largest absolute Gasteiger partial charge is 0.396 e. The summed E-state index contributed by atoms with van der Waals surface area (Å²) >= 11 is 12.4. The van der Waals surface area contributed by atoms with Gasteiger partial charge in [0.2, 0.25) is 0 Å². The molecule has 1 unspecified atom stereocenters. The minimum absolute atomic E-state index is 0.0180. The zero-order chi connectivity index (χ0) is 21.5. The molecule has 1 N–H and O–H groups in total. The molecule has 6 heteroatoms. The van der Waals surface area contributed by atoms with Gasteiger partial charge in [-0.25, -0.2) is 0 Å². The maximum Gasteiger partial charge on any atom is 0.253 e. The highest BCUT2D eigenvalue weighted by Crippen LogP contribution is 2.29. The van der Waals surface area contributed by atoms with Crippen molar-refractivity contribution in [2.75, 3.05) is 39.8 Å². The third-order valence-electron chi connectivity index (χ3n) is 6.04. The Labute approximate surface area is 189 Å². The Morgan fingerprint density at radius 1 is 1.13 bits per heavy atom. The second-order valence-electron chi connectivity index (χ2n) is 8.18. The molecule has 1 fully saturated rings. The molecule has 0 aliphatic carbocycles. The summed E-state index contributed by atoms with van der Waals surface area (Å²) < 4.78 is 0. The van der Waals surface area contributed by atoms with Gasteiger partial charge in [0.15, 0.2) is 0 Å². The Bertz CT molecular complexity index is 823. The molecular weight excluding hydrogens is 419 g/mol. The molecule has 0 bridgehead atoms. The van der Waals surface area contributed by atoms with E-state index >= 15 is 0 Å². The lowest BCUT2D eigenvalue weighted by molar-refractivity contribution is 0.0780. The van der Waals surface area contributed by atoms with Crippen LogP contribution in [0, 0.1) is 5.92 Å². The predicted octanol–water partition coefficient (Wildman–Crippen LogP) is 4.94. The average Bonchev–Trinajstić information content (AvgIpc) is 2.78. The number of aliphatic hydroxyl groups is 1. The monoisotopic (exact) mass is 448 g/mol. The van der Waals surface area contributed by atoms with E-state index in [1.807, 2.05) is 55.6 Å². The highest BCUT2D eigenvalue weighted by atomic mass is 35.5. The number of halogens is 2. The second-order valence-corrected chi connectivity index (χ2v) is 8.99. The summed E-state index contributed by atoms with van der Waals surface area (Å²) in [7, 11) is 1.85. The van der Waals surface area contributed by atoms with E-state index in [1.165, 1.54) is 0 Å². The molecule has 30 heavy (non-hydrogen) atoms. The van der Waals surface area contributed by atoms with Crippen LogP contribution in [0.3, 0.4) is 0 Å². The number of rotatable bonds is 8. The smallest absolute Gasteiger partial charge is 0.253 e. The van der Waals surface area contributed by atoms with Gasteiger partial charge in [0.05, 0.1) is 10.0 Å². The van der Waals surface area contributed by atoms with Crippen LogP contribution in [0.25, 0.3) is 0 Å². The first kappa shape index (κ1) is 23.1. The fraction of sp³-hybridized carbons (Fsp3) is 0.458. The highest BCUT2D eigenvalue weighted by Gasteiger charge is 2.23. The minimum Gasteiger partial charge on any atom is -0.396 e. The maximum absolute atomic E-state index is 12.9. The van der Waals surface area contributed by atoms with E-state index in [2.05, 4.69) is 4.90 Å². The van der Waals surface area contributed by atoms with E-state index in [0.29, 0.717) is 28.1 Å². The highest BCUT2D eigenvalue weighted by molar-refractivity contribution is 6.42. The number of carbonyl (C=O) groups excluding carboxylic acids is 1. The molecule has 0 saturated carbocycles. The number of hydrogen-bond acceptors (Lipinski definition) is 3. The number of likely N-dealkylation sites (tertiary alicyclic amines) is 1. The van der Waals surface area contributed by atoms with Crippen molar-refractivity contribution in [3.05, 3.63) is 69.7 Å². The molecule has 0 radical (unpaired) electrons. The zero-order valence-corrected chi connectivity index (χ0v) is 18.9. The average molecular weight is 449 g/mol. The van der Waals surface area contributed by atoms with Crippen molar-refractivity contribution in [1.29, 1.82) is 0 Å². The fourth-order valence-corrected chi connectivity index (χ4v) is 4.38. The molecule has 4 nitrogen and oxygen atoms in total. The quantitative estimate of drug-likeness (QED) is 0.621. The van der Waals surface area contributed by atoms with Crippen LogP contribution in [0.5, 0.6) is 0 Å². The number of aliphatic hydroxyl groups excluding tert-OH is 1. The summed E-state index contributed by atoms with van der Waals surface area (Å²) in [5.41, 5.74) is 1.79. The van der Waals surface area contributed by atoms with Crippen LogP contribution in [0.4, 0.5) is 0 Å². The minimum atomic E-state index is 0.0180. The van der Waals surface area contributed by atoms with E-state index < -0.39 is 0 Å². The number of carbonyl (C=O) groups is 1. The Hall–Kier alpha value is -1.59. The molecule has 1 aliphatic rings. The Balaban J connectivity index is 1.69. The third kappa shape index (κ3) is 6.21. The van der Waals surface area contributed by atoms with Crippen LogP contribution >= 0.6 is 23.2 Å². The van der Waals surface area contributed by atoms with Crippen LogP contribution in [0.15, 0.2) is 48.5 Å². The van der Waals surface area contributed by atoms with Crippen molar-refractivity contribution < 1.29 is 9.90 Å². The van der Waals surface area contributed by atoms with E-state index in [0.717, 1.165) is 44.5 Å². The molecule has 1 amide bonds. The standard InChI is InChI=1S/C24H30Cl2N2O2/c1-27(24(30)19-5-3-2-4-6-19)16-21(20-7-8-22(25)23(26)15-20)11-14-28-12-9-18(17-29)10-13-28/h2-8,15,18,21,29H,9-14,16-17H2,1H3. The van der Waals surface area contributed by atoms with Crippen molar-refractivity contribution in [3.63, 3.8) is 0 Å². The SMILES string of the molecule is CN(CC(CCN1CCC(CO)CC1)c1ccc(Cl)c(Cl)c1)C(=O)c1ccccc1. The third-order valence-corrected chi connectivity index (χ3v) is 6.77. The van der Waals surface area contributed by atoms with Gasteiger partial charge in [-0.1, -0.05) is 47.5 Å². The topological polar surface area (TPSA) is 43.8 Å². The van der Waals surface area contributed by atoms with Gasteiger partial charge < -0.3 is 14.9 Å². The Morgan fingerprint density at radius 3 is 2.47 bits per heavy atom. The molecule has 1 saturated heterocycles. The molecule has 0 aromatic heterocycles. The lowest BCUT2D eigenvalue weighted by atomic mass is 9.93. The summed E-state index contributed by atoms with van der Waals surface area (Å²) in [4.78, 5) is 17.1. The van der Waals surface area contributed by atoms with Crippen molar-refractivity contribution >= 4 is 29.1 Å². The number of benzene rings is 2. The van der Waals surface area contributed by atoms with Gasteiger partial charge in [0, 0.05) is 31.7 Å². The summed E-state index contributed by atoms with van der Waals surface area (Å²) in [6, 6.07) is 15.1. The van der Waals surface area contributed by atoms with E-state index in [4.69, 9.17) is 23.2 Å². The molecule has 1 atom stereocenters. The summed E-state index contributed by atoms with van der Waals surface area (Å²) in [5.74, 6) is 0.610. The maximum atomic E-state index is 12.9. The number of likely N-dealkylation sites (N-methyl/N-ethyl adjacent to an activating group) is 1. The van der Waals surface area contributed by atoms with Crippen molar-refractivity contribution in [1.82, 2.24) is 9.80 Å². The first-order chi connectivity index (χ1) is 14.5. The predicted molar refractivity (Wildman–Crippen MR) is 123 cm³/mol. The molecular formula is C24H30Cl2N2O2. The van der Waals surface area contributed by atoms with Gasteiger partial charge in [-0.05, 0) is 74.6 Å². The molecule has 2 aromatic rings. The molecule has 3 rings (SSSR count). The van der Waals surface area contributed by atoms with Crippen LogP contribution in [-0.4, -0.2) is 60.6 Å². The molecule has 0 spiro atoms. The number of piperidine rings is 1. The van der Waals surface area contributed by atoms with Gasteiger partial charge in [-0.15, -0.1) is 0 Å². The van der Waals surface area contributed by atoms with Gasteiger partial charge in [-0.3, -0.25) is 4.79 Å². The first-order valence-electron chi connectivity index (χ1n) is 10.6. The van der Waals surface area contributed by atoms with Crippen LogP contribution < -0.4 is 0 Å². The van der Waals surface area contributed by atoms with Crippen LogP contribution in [0.2, 0.25) is 10.0 Å². The summed E-state index contributed by atoms with van der Waals surface area (Å²) in [5, 5.41) is 10.4. The molecule has 162 valence electrons. The van der Waals surface area contributed by atoms with Crippen molar-refractivity contribution in [2.24, 2.45) is 5.92 Å². The Morgan fingerprint density at radius 2 is 1.83 bits per heavy atom. The zero-order valence-electron chi connectivity index (χ0n) is 17.4.